The summed E-state index contributed by atoms with van der Waals surface area (Å²) >= 11 is 0. The minimum absolute atomic E-state index is 0.147. The highest BCUT2D eigenvalue weighted by molar-refractivity contribution is 5.88. The van der Waals surface area contributed by atoms with Crippen LogP contribution in [0.2, 0.25) is 0 Å². The van der Waals surface area contributed by atoms with Gasteiger partial charge in [-0.05, 0) is 31.0 Å². The van der Waals surface area contributed by atoms with E-state index in [4.69, 9.17) is 14.3 Å². The molecule has 2 heterocycles. The van der Waals surface area contributed by atoms with Crippen molar-refractivity contribution >= 4 is 5.97 Å². The minimum atomic E-state index is -0.981. The number of carboxylic acid groups (broad SMARTS) is 1. The first kappa shape index (κ1) is 12.8. The maximum Gasteiger partial charge on any atom is 0.335 e. The summed E-state index contributed by atoms with van der Waals surface area (Å²) in [7, 11) is 0. The largest absolute Gasteiger partial charge is 0.478 e. The molecule has 0 spiro atoms. The van der Waals surface area contributed by atoms with Gasteiger partial charge >= 0.3 is 5.97 Å². The van der Waals surface area contributed by atoms with E-state index in [9.17, 15) is 4.79 Å². The van der Waals surface area contributed by atoms with Gasteiger partial charge in [0.15, 0.2) is 0 Å². The van der Waals surface area contributed by atoms with E-state index in [1.807, 2.05) is 0 Å². The van der Waals surface area contributed by atoms with Gasteiger partial charge < -0.3 is 14.3 Å². The number of aromatic nitrogens is 2. The number of benzene rings is 1. The van der Waals surface area contributed by atoms with Crippen LogP contribution in [-0.4, -0.2) is 34.0 Å². The van der Waals surface area contributed by atoms with Crippen LogP contribution in [0.5, 0.6) is 0 Å². The second-order valence-electron chi connectivity index (χ2n) is 4.73. The van der Waals surface area contributed by atoms with Gasteiger partial charge in [-0.2, -0.15) is 0 Å². The second-order valence-corrected chi connectivity index (χ2v) is 4.73. The SMILES string of the molecule is O=C(O)c1cccc(-c2nnc(CC3CCCO3)o2)c1. The molecule has 1 aromatic heterocycles. The topological polar surface area (TPSA) is 85.5 Å². The Bertz CT molecular complexity index is 617. The zero-order valence-electron chi connectivity index (χ0n) is 10.8. The molecule has 1 N–H and O–H groups in total. The molecule has 104 valence electrons. The van der Waals surface area contributed by atoms with E-state index >= 15 is 0 Å². The molecule has 6 nitrogen and oxygen atoms in total. The Morgan fingerprint density at radius 3 is 3.05 bits per heavy atom. The van der Waals surface area contributed by atoms with Gasteiger partial charge in [0.1, 0.15) is 0 Å². The third-order valence-electron chi connectivity index (χ3n) is 3.25. The lowest BCUT2D eigenvalue weighted by atomic mass is 10.1. The van der Waals surface area contributed by atoms with E-state index < -0.39 is 5.97 Å². The van der Waals surface area contributed by atoms with Crippen LogP contribution in [0.3, 0.4) is 0 Å². The fraction of sp³-hybridized carbons (Fsp3) is 0.357. The molecular formula is C14H14N2O4. The van der Waals surface area contributed by atoms with E-state index in [1.165, 1.54) is 12.1 Å². The van der Waals surface area contributed by atoms with Crippen LogP contribution in [0.15, 0.2) is 28.7 Å². The molecule has 1 fully saturated rings. The van der Waals surface area contributed by atoms with E-state index in [0.29, 0.717) is 23.8 Å². The summed E-state index contributed by atoms with van der Waals surface area (Å²) in [5, 5.41) is 16.9. The fourth-order valence-corrected chi connectivity index (χ4v) is 2.24. The monoisotopic (exact) mass is 274 g/mol. The molecule has 2 aromatic rings. The highest BCUT2D eigenvalue weighted by Crippen LogP contribution is 2.22. The van der Waals surface area contributed by atoms with E-state index in [-0.39, 0.29) is 11.7 Å². The van der Waals surface area contributed by atoms with Crippen LogP contribution in [0.1, 0.15) is 29.1 Å². The Morgan fingerprint density at radius 2 is 2.30 bits per heavy atom. The molecule has 0 radical (unpaired) electrons. The normalized spacial score (nSPS) is 18.3. The van der Waals surface area contributed by atoms with Crippen LogP contribution in [0, 0.1) is 0 Å². The van der Waals surface area contributed by atoms with Crippen molar-refractivity contribution in [3.63, 3.8) is 0 Å². The molecule has 3 rings (SSSR count). The summed E-state index contributed by atoms with van der Waals surface area (Å²) in [6, 6.07) is 6.44. The Balaban J connectivity index is 1.78. The predicted octanol–water partition coefficient (Wildman–Crippen LogP) is 2.16. The maximum absolute atomic E-state index is 10.9. The Hall–Kier alpha value is -2.21. The molecule has 1 aromatic carbocycles. The molecule has 20 heavy (non-hydrogen) atoms. The number of carboxylic acids is 1. The minimum Gasteiger partial charge on any atom is -0.478 e. The van der Waals surface area contributed by atoms with Crippen molar-refractivity contribution in [3.8, 4) is 11.5 Å². The summed E-state index contributed by atoms with van der Waals surface area (Å²) in [4.78, 5) is 10.9. The third kappa shape index (κ3) is 2.70. The van der Waals surface area contributed by atoms with Crippen molar-refractivity contribution < 1.29 is 19.1 Å². The zero-order chi connectivity index (χ0) is 13.9. The first-order valence-electron chi connectivity index (χ1n) is 6.50. The van der Waals surface area contributed by atoms with Crippen LogP contribution < -0.4 is 0 Å². The number of hydrogen-bond donors (Lipinski definition) is 1. The molecule has 0 aliphatic carbocycles. The van der Waals surface area contributed by atoms with Gasteiger partial charge in [-0.1, -0.05) is 6.07 Å². The molecule has 0 amide bonds. The summed E-state index contributed by atoms with van der Waals surface area (Å²) in [5.74, 6) is -0.125. The summed E-state index contributed by atoms with van der Waals surface area (Å²) < 4.78 is 11.1. The van der Waals surface area contributed by atoms with Crippen molar-refractivity contribution in [2.75, 3.05) is 6.61 Å². The van der Waals surface area contributed by atoms with Crippen LogP contribution in [0.4, 0.5) is 0 Å². The Morgan fingerprint density at radius 1 is 1.40 bits per heavy atom. The van der Waals surface area contributed by atoms with Crippen LogP contribution in [-0.2, 0) is 11.2 Å². The average molecular weight is 274 g/mol. The third-order valence-corrected chi connectivity index (χ3v) is 3.25. The second kappa shape index (κ2) is 5.42. The first-order chi connectivity index (χ1) is 9.72. The van der Waals surface area contributed by atoms with Crippen molar-refractivity contribution in [1.82, 2.24) is 10.2 Å². The summed E-state index contributed by atoms with van der Waals surface area (Å²) in [6.07, 6.45) is 2.82. The lowest BCUT2D eigenvalue weighted by Gasteiger charge is -2.04. The quantitative estimate of drug-likeness (QED) is 0.919. The summed E-state index contributed by atoms with van der Waals surface area (Å²) in [5.41, 5.74) is 0.803. The highest BCUT2D eigenvalue weighted by Gasteiger charge is 2.19. The number of nitrogens with zero attached hydrogens (tertiary/aromatic N) is 2. The first-order valence-corrected chi connectivity index (χ1v) is 6.50. The van der Waals surface area contributed by atoms with E-state index in [2.05, 4.69) is 10.2 Å². The Labute approximate surface area is 115 Å². The Kier molecular flexibility index (Phi) is 3.47. The van der Waals surface area contributed by atoms with Gasteiger partial charge in [0.25, 0.3) is 0 Å². The molecule has 1 unspecified atom stereocenters. The maximum atomic E-state index is 10.9. The molecule has 1 saturated heterocycles. The number of hydrogen-bond acceptors (Lipinski definition) is 5. The fourth-order valence-electron chi connectivity index (χ4n) is 2.24. The lowest BCUT2D eigenvalue weighted by Crippen LogP contribution is -2.08. The van der Waals surface area contributed by atoms with Crippen molar-refractivity contribution in [2.24, 2.45) is 0 Å². The van der Waals surface area contributed by atoms with Gasteiger partial charge in [0, 0.05) is 12.2 Å². The number of carbonyl (C=O) groups is 1. The molecule has 0 bridgehead atoms. The average Bonchev–Trinajstić information content (AvgIpc) is 3.11. The lowest BCUT2D eigenvalue weighted by molar-refractivity contribution is 0.0697. The van der Waals surface area contributed by atoms with E-state index in [0.717, 1.165) is 19.4 Å². The molecular weight excluding hydrogens is 260 g/mol. The van der Waals surface area contributed by atoms with Gasteiger partial charge in [-0.15, -0.1) is 10.2 Å². The van der Waals surface area contributed by atoms with Gasteiger partial charge in [-0.3, -0.25) is 0 Å². The van der Waals surface area contributed by atoms with Gasteiger partial charge in [0.2, 0.25) is 11.8 Å². The van der Waals surface area contributed by atoms with Crippen LogP contribution >= 0.6 is 0 Å². The van der Waals surface area contributed by atoms with Gasteiger partial charge in [0.05, 0.1) is 18.1 Å². The smallest absolute Gasteiger partial charge is 0.335 e. The van der Waals surface area contributed by atoms with Gasteiger partial charge in [-0.25, -0.2) is 4.79 Å². The number of rotatable bonds is 4. The molecule has 1 atom stereocenters. The predicted molar refractivity (Wildman–Crippen MR) is 69.4 cm³/mol. The molecule has 0 saturated carbocycles. The van der Waals surface area contributed by atoms with Crippen molar-refractivity contribution in [3.05, 3.63) is 35.7 Å². The molecule has 1 aliphatic heterocycles. The number of aromatic carboxylic acids is 1. The van der Waals surface area contributed by atoms with E-state index in [1.54, 1.807) is 12.1 Å². The van der Waals surface area contributed by atoms with Crippen molar-refractivity contribution in [1.29, 1.82) is 0 Å². The van der Waals surface area contributed by atoms with Crippen molar-refractivity contribution in [2.45, 2.75) is 25.4 Å². The van der Waals surface area contributed by atoms with Crippen LogP contribution in [0.25, 0.3) is 11.5 Å². The molecule has 6 heteroatoms. The highest BCUT2D eigenvalue weighted by atomic mass is 16.5. The summed E-state index contributed by atoms with van der Waals surface area (Å²) in [6.45, 7) is 0.784. The standard InChI is InChI=1S/C14H14N2O4/c17-14(18)10-4-1-3-9(7-10)13-16-15-12(20-13)8-11-5-2-6-19-11/h1,3-4,7,11H,2,5-6,8H2,(H,17,18). The molecule has 1 aliphatic rings. The number of ether oxygens (including phenoxy) is 1. The zero-order valence-corrected chi connectivity index (χ0v) is 10.8.